The summed E-state index contributed by atoms with van der Waals surface area (Å²) in [6, 6.07) is 13.5. The van der Waals surface area contributed by atoms with Gasteiger partial charge in [-0.25, -0.2) is 8.42 Å². The standard InChI is InChI=1S/C26H37N3O4S2/c1-18-7-8-21(13-19(18)2)14-22(17-33-24(30)26(3,4)5)16-28-25(34)27-15-20-9-11-23(12-10-20)29-35(6,31)32/h7-13,22,29H,14-17H2,1-6H3,(H2,27,28,34)/t22-/m0/s1. The van der Waals surface area contributed by atoms with Crippen LogP contribution >= 0.6 is 12.2 Å². The van der Waals surface area contributed by atoms with E-state index in [-0.39, 0.29) is 11.9 Å². The quantitative estimate of drug-likeness (QED) is 0.321. The minimum Gasteiger partial charge on any atom is -0.465 e. The third kappa shape index (κ3) is 10.7. The van der Waals surface area contributed by atoms with Gasteiger partial charge in [0.15, 0.2) is 5.11 Å². The van der Waals surface area contributed by atoms with Gasteiger partial charge in [0.2, 0.25) is 10.0 Å². The zero-order chi connectivity index (χ0) is 26.2. The van der Waals surface area contributed by atoms with Crippen molar-refractivity contribution in [2.75, 3.05) is 24.1 Å². The lowest BCUT2D eigenvalue weighted by atomic mass is 9.96. The monoisotopic (exact) mass is 519 g/mol. The second kappa shape index (κ2) is 12.4. The topological polar surface area (TPSA) is 96.5 Å². The molecule has 0 aliphatic carbocycles. The Morgan fingerprint density at radius 2 is 1.63 bits per heavy atom. The molecule has 0 heterocycles. The predicted octanol–water partition coefficient (Wildman–Crippen LogP) is 4.09. The number of esters is 1. The summed E-state index contributed by atoms with van der Waals surface area (Å²) in [4.78, 5) is 12.3. The Morgan fingerprint density at radius 3 is 2.20 bits per heavy atom. The van der Waals surface area contributed by atoms with Gasteiger partial charge in [-0.1, -0.05) is 30.3 Å². The fourth-order valence-electron chi connectivity index (χ4n) is 3.25. The molecule has 0 aliphatic rings. The molecule has 3 N–H and O–H groups in total. The van der Waals surface area contributed by atoms with Crippen LogP contribution in [0.1, 0.15) is 43.0 Å². The van der Waals surface area contributed by atoms with Crippen LogP contribution in [-0.2, 0) is 32.5 Å². The zero-order valence-corrected chi connectivity index (χ0v) is 23.0. The lowest BCUT2D eigenvalue weighted by molar-refractivity contribution is -0.154. The third-order valence-electron chi connectivity index (χ3n) is 5.42. The SMILES string of the molecule is Cc1ccc(C[C@@H](CNC(=S)NCc2ccc(NS(C)(=O)=O)cc2)COC(=O)C(C)(C)C)cc1C. The van der Waals surface area contributed by atoms with Gasteiger partial charge >= 0.3 is 5.97 Å². The first-order valence-electron chi connectivity index (χ1n) is 11.5. The molecule has 0 spiro atoms. The van der Waals surface area contributed by atoms with Crippen LogP contribution in [0.25, 0.3) is 0 Å². The highest BCUT2D eigenvalue weighted by Gasteiger charge is 2.24. The molecule has 0 aliphatic heterocycles. The molecule has 7 nitrogen and oxygen atoms in total. The van der Waals surface area contributed by atoms with Gasteiger partial charge in [-0.05, 0) is 87.6 Å². The van der Waals surface area contributed by atoms with E-state index in [1.54, 1.807) is 12.1 Å². The van der Waals surface area contributed by atoms with E-state index >= 15 is 0 Å². The fraction of sp³-hybridized carbons (Fsp3) is 0.462. The molecule has 0 saturated heterocycles. The van der Waals surface area contributed by atoms with Crippen LogP contribution in [0.15, 0.2) is 42.5 Å². The Balaban J connectivity index is 1.93. The number of carbonyl (C=O) groups excluding carboxylic acids is 1. The normalized spacial score (nSPS) is 12.5. The average molecular weight is 520 g/mol. The highest BCUT2D eigenvalue weighted by Crippen LogP contribution is 2.18. The smallest absolute Gasteiger partial charge is 0.311 e. The van der Waals surface area contributed by atoms with Crippen molar-refractivity contribution in [2.24, 2.45) is 11.3 Å². The first-order valence-corrected chi connectivity index (χ1v) is 13.8. The third-order valence-corrected chi connectivity index (χ3v) is 6.31. The number of nitrogens with one attached hydrogen (secondary N) is 3. The summed E-state index contributed by atoms with van der Waals surface area (Å²) in [6.07, 6.45) is 1.87. The summed E-state index contributed by atoms with van der Waals surface area (Å²) >= 11 is 5.44. The summed E-state index contributed by atoms with van der Waals surface area (Å²) in [5.41, 5.74) is 4.58. The molecule has 2 aromatic carbocycles. The highest BCUT2D eigenvalue weighted by molar-refractivity contribution is 7.92. The van der Waals surface area contributed by atoms with Crippen molar-refractivity contribution in [3.05, 3.63) is 64.7 Å². The second-order valence-corrected chi connectivity index (χ2v) is 12.1. The van der Waals surface area contributed by atoms with Gasteiger partial charge in [-0.3, -0.25) is 9.52 Å². The Kier molecular flexibility index (Phi) is 10.1. The summed E-state index contributed by atoms with van der Waals surface area (Å²) in [5.74, 6) is -0.179. The van der Waals surface area contributed by atoms with Crippen LogP contribution < -0.4 is 15.4 Å². The number of hydrogen-bond donors (Lipinski definition) is 3. The number of thiocarbonyl (C=S) groups is 1. The van der Waals surface area contributed by atoms with Crippen molar-refractivity contribution in [3.8, 4) is 0 Å². The minimum atomic E-state index is -3.30. The molecule has 9 heteroatoms. The average Bonchev–Trinajstić information content (AvgIpc) is 2.75. The molecular formula is C26H37N3O4S2. The number of sulfonamides is 1. The molecule has 192 valence electrons. The van der Waals surface area contributed by atoms with Crippen molar-refractivity contribution in [3.63, 3.8) is 0 Å². The van der Waals surface area contributed by atoms with Gasteiger partial charge in [-0.2, -0.15) is 0 Å². The maximum atomic E-state index is 12.3. The number of hydrogen-bond acceptors (Lipinski definition) is 5. The first kappa shape index (κ1) is 28.6. The van der Waals surface area contributed by atoms with E-state index in [9.17, 15) is 13.2 Å². The van der Waals surface area contributed by atoms with Crippen molar-refractivity contribution in [1.82, 2.24) is 10.6 Å². The van der Waals surface area contributed by atoms with Crippen LogP contribution in [0.5, 0.6) is 0 Å². The summed E-state index contributed by atoms with van der Waals surface area (Å²) in [6.45, 7) is 11.0. The molecule has 2 aromatic rings. The maximum Gasteiger partial charge on any atom is 0.311 e. The lowest BCUT2D eigenvalue weighted by Gasteiger charge is -2.22. The number of benzene rings is 2. The molecule has 0 bridgehead atoms. The van der Waals surface area contributed by atoms with Gasteiger partial charge in [0.05, 0.1) is 18.3 Å². The Labute approximate surface area is 215 Å². The molecule has 0 radical (unpaired) electrons. The zero-order valence-electron chi connectivity index (χ0n) is 21.4. The van der Waals surface area contributed by atoms with E-state index in [0.717, 1.165) is 18.2 Å². The number of ether oxygens (including phenoxy) is 1. The molecular weight excluding hydrogens is 482 g/mol. The van der Waals surface area contributed by atoms with E-state index in [1.807, 2.05) is 32.9 Å². The summed E-state index contributed by atoms with van der Waals surface area (Å²) < 4.78 is 30.7. The molecule has 0 unspecified atom stereocenters. The number of rotatable bonds is 10. The first-order chi connectivity index (χ1) is 16.2. The van der Waals surface area contributed by atoms with Crippen molar-refractivity contribution in [1.29, 1.82) is 0 Å². The van der Waals surface area contributed by atoms with Gasteiger partial charge in [0, 0.05) is 24.7 Å². The van der Waals surface area contributed by atoms with Gasteiger partial charge in [0.1, 0.15) is 0 Å². The highest BCUT2D eigenvalue weighted by atomic mass is 32.2. The van der Waals surface area contributed by atoms with Crippen LogP contribution in [0.2, 0.25) is 0 Å². The van der Waals surface area contributed by atoms with Gasteiger partial charge in [0.25, 0.3) is 0 Å². The van der Waals surface area contributed by atoms with E-state index in [2.05, 4.69) is 47.4 Å². The van der Waals surface area contributed by atoms with Crippen molar-refractivity contribution in [2.45, 2.75) is 47.6 Å². The lowest BCUT2D eigenvalue weighted by Crippen LogP contribution is -2.39. The predicted molar refractivity (Wildman–Crippen MR) is 146 cm³/mol. The van der Waals surface area contributed by atoms with Crippen LogP contribution in [-0.4, -0.2) is 38.9 Å². The fourth-order valence-corrected chi connectivity index (χ4v) is 3.97. The Hall–Kier alpha value is -2.65. The molecule has 1 atom stereocenters. The number of carbonyl (C=O) groups is 1. The van der Waals surface area contributed by atoms with Crippen molar-refractivity contribution >= 4 is 39.0 Å². The summed E-state index contributed by atoms with van der Waals surface area (Å²) in [5, 5.41) is 6.90. The van der Waals surface area contributed by atoms with Crippen LogP contribution in [0.3, 0.4) is 0 Å². The Morgan fingerprint density at radius 1 is 1.00 bits per heavy atom. The molecule has 0 saturated carbocycles. The van der Waals surface area contributed by atoms with Gasteiger partial charge < -0.3 is 15.4 Å². The van der Waals surface area contributed by atoms with E-state index < -0.39 is 15.4 Å². The summed E-state index contributed by atoms with van der Waals surface area (Å²) in [7, 11) is -3.30. The molecule has 0 amide bonds. The Bertz CT molecular complexity index is 1120. The molecule has 0 aromatic heterocycles. The number of aryl methyl sites for hydroxylation is 2. The number of anilines is 1. The van der Waals surface area contributed by atoms with Crippen LogP contribution in [0, 0.1) is 25.2 Å². The minimum absolute atomic E-state index is 0.0458. The van der Waals surface area contributed by atoms with Crippen molar-refractivity contribution < 1.29 is 17.9 Å². The van der Waals surface area contributed by atoms with E-state index in [1.165, 1.54) is 16.7 Å². The molecule has 0 fully saturated rings. The van der Waals surface area contributed by atoms with E-state index in [4.69, 9.17) is 17.0 Å². The molecule has 35 heavy (non-hydrogen) atoms. The van der Waals surface area contributed by atoms with Crippen LogP contribution in [0.4, 0.5) is 5.69 Å². The second-order valence-electron chi connectivity index (χ2n) is 9.97. The maximum absolute atomic E-state index is 12.3. The van der Waals surface area contributed by atoms with E-state index in [0.29, 0.717) is 30.5 Å². The molecule has 2 rings (SSSR count). The largest absolute Gasteiger partial charge is 0.465 e. The van der Waals surface area contributed by atoms with Gasteiger partial charge in [-0.15, -0.1) is 0 Å².